The first-order valence-electron chi connectivity index (χ1n) is 9.70. The van der Waals surface area contributed by atoms with Gasteiger partial charge in [-0.15, -0.1) is 0 Å². The first-order valence-corrected chi connectivity index (χ1v) is 11.2. The highest BCUT2D eigenvalue weighted by Crippen LogP contribution is 2.48. The monoisotopic (exact) mass is 399 g/mol. The minimum absolute atomic E-state index is 0.329. The lowest BCUT2D eigenvalue weighted by atomic mass is 9.98. The van der Waals surface area contributed by atoms with Crippen LogP contribution in [0.15, 0.2) is 59.0 Å². The number of rotatable bonds is 8. The predicted octanol–water partition coefficient (Wildman–Crippen LogP) is 4.80. The van der Waals surface area contributed by atoms with Crippen LogP contribution in [0.2, 0.25) is 0 Å². The van der Waals surface area contributed by atoms with Crippen LogP contribution < -0.4 is 9.46 Å². The van der Waals surface area contributed by atoms with Crippen LogP contribution in [-0.4, -0.2) is 22.1 Å². The molecule has 0 spiro atoms. The van der Waals surface area contributed by atoms with Crippen molar-refractivity contribution >= 4 is 15.6 Å². The number of nitrogens with one attached hydrogen (secondary N) is 1. The second kappa shape index (κ2) is 8.50. The zero-order valence-corrected chi connectivity index (χ0v) is 17.8. The average molecular weight is 400 g/mol. The number of methoxy groups -OCH3 is 1. The summed E-state index contributed by atoms with van der Waals surface area (Å²) >= 11 is 0. The summed E-state index contributed by atoms with van der Waals surface area (Å²) in [4.78, 5) is 0.329. The molecule has 0 radical (unpaired) electrons. The van der Waals surface area contributed by atoms with Crippen molar-refractivity contribution in [3.05, 3.63) is 65.2 Å². The average Bonchev–Trinajstić information content (AvgIpc) is 3.46. The largest absolute Gasteiger partial charge is 0.497 e. The highest BCUT2D eigenvalue weighted by molar-refractivity contribution is 7.89. The summed E-state index contributed by atoms with van der Waals surface area (Å²) in [5.41, 5.74) is 4.90. The maximum atomic E-state index is 12.4. The topological polar surface area (TPSA) is 55.4 Å². The Bertz CT molecular complexity index is 962. The molecule has 2 aromatic rings. The summed E-state index contributed by atoms with van der Waals surface area (Å²) in [7, 11) is -1.75. The Morgan fingerprint density at radius 3 is 2.54 bits per heavy atom. The SMILES string of the molecule is COc1cccc(/C(C)=C(\C)C2CC2CCNS(=O)(=O)c2ccc(C)cc2)c1. The van der Waals surface area contributed by atoms with E-state index in [-0.39, 0.29) is 0 Å². The molecule has 2 atom stereocenters. The van der Waals surface area contributed by atoms with Crippen LogP contribution in [0.1, 0.15) is 37.8 Å². The van der Waals surface area contributed by atoms with Crippen LogP contribution in [0.3, 0.4) is 0 Å². The number of hydrogen-bond donors (Lipinski definition) is 1. The van der Waals surface area contributed by atoms with Gasteiger partial charge in [-0.3, -0.25) is 0 Å². The van der Waals surface area contributed by atoms with Crippen LogP contribution >= 0.6 is 0 Å². The van der Waals surface area contributed by atoms with Gasteiger partial charge < -0.3 is 4.74 Å². The quantitative estimate of drug-likeness (QED) is 0.694. The molecule has 0 amide bonds. The fraction of sp³-hybridized carbons (Fsp3) is 0.391. The van der Waals surface area contributed by atoms with Gasteiger partial charge in [-0.2, -0.15) is 0 Å². The first-order chi connectivity index (χ1) is 13.3. The van der Waals surface area contributed by atoms with E-state index in [9.17, 15) is 8.42 Å². The lowest BCUT2D eigenvalue weighted by Crippen LogP contribution is -2.25. The van der Waals surface area contributed by atoms with Crippen molar-refractivity contribution in [2.45, 2.75) is 38.5 Å². The van der Waals surface area contributed by atoms with E-state index < -0.39 is 10.0 Å². The minimum atomic E-state index is -3.43. The number of aryl methyl sites for hydroxylation is 1. The summed E-state index contributed by atoms with van der Waals surface area (Å²) in [6, 6.07) is 15.1. The van der Waals surface area contributed by atoms with Gasteiger partial charge in [-0.05, 0) is 80.9 Å². The number of allylic oxidation sites excluding steroid dienone is 2. The van der Waals surface area contributed by atoms with Gasteiger partial charge >= 0.3 is 0 Å². The van der Waals surface area contributed by atoms with Crippen LogP contribution in [0, 0.1) is 18.8 Å². The molecule has 28 heavy (non-hydrogen) atoms. The standard InChI is InChI=1S/C23H29NO3S/c1-16-8-10-22(11-9-16)28(25,26)24-13-12-20-15-23(20)18(3)17(2)19-6-5-7-21(14-19)27-4/h5-11,14,20,23-24H,12-13,15H2,1-4H3/b18-17+. The maximum Gasteiger partial charge on any atom is 0.240 e. The summed E-state index contributed by atoms with van der Waals surface area (Å²) in [5.74, 6) is 1.94. The third-order valence-electron chi connectivity index (χ3n) is 5.71. The number of ether oxygens (including phenoxy) is 1. The van der Waals surface area contributed by atoms with Crippen molar-refractivity contribution in [3.63, 3.8) is 0 Å². The van der Waals surface area contributed by atoms with Gasteiger partial charge in [0, 0.05) is 6.54 Å². The Labute approximate surface area is 168 Å². The predicted molar refractivity (Wildman–Crippen MR) is 114 cm³/mol. The summed E-state index contributed by atoms with van der Waals surface area (Å²) in [6.07, 6.45) is 1.98. The second-order valence-corrected chi connectivity index (χ2v) is 9.41. The Morgan fingerprint density at radius 1 is 1.14 bits per heavy atom. The van der Waals surface area contributed by atoms with E-state index in [1.54, 1.807) is 19.2 Å². The third-order valence-corrected chi connectivity index (χ3v) is 7.19. The minimum Gasteiger partial charge on any atom is -0.497 e. The van der Waals surface area contributed by atoms with Crippen molar-refractivity contribution in [3.8, 4) is 5.75 Å². The van der Waals surface area contributed by atoms with E-state index in [2.05, 4.69) is 30.7 Å². The highest BCUT2D eigenvalue weighted by atomic mass is 32.2. The molecule has 0 bridgehead atoms. The fourth-order valence-electron chi connectivity index (χ4n) is 3.64. The molecular formula is C23H29NO3S. The smallest absolute Gasteiger partial charge is 0.240 e. The fourth-order valence-corrected chi connectivity index (χ4v) is 4.69. The molecule has 0 aliphatic heterocycles. The molecule has 3 rings (SSSR count). The zero-order valence-electron chi connectivity index (χ0n) is 17.0. The Hall–Kier alpha value is -2.11. The molecule has 1 fully saturated rings. The molecule has 2 aromatic carbocycles. The van der Waals surface area contributed by atoms with Gasteiger partial charge in [0.1, 0.15) is 5.75 Å². The van der Waals surface area contributed by atoms with E-state index in [0.29, 0.717) is 23.3 Å². The van der Waals surface area contributed by atoms with Crippen molar-refractivity contribution in [2.75, 3.05) is 13.7 Å². The van der Waals surface area contributed by atoms with Gasteiger partial charge in [0.25, 0.3) is 0 Å². The van der Waals surface area contributed by atoms with E-state index in [1.807, 2.05) is 31.2 Å². The molecule has 4 nitrogen and oxygen atoms in total. The molecular weight excluding hydrogens is 370 g/mol. The molecule has 1 N–H and O–H groups in total. The molecule has 1 aliphatic rings. The summed E-state index contributed by atoms with van der Waals surface area (Å²) in [6.45, 7) is 6.76. The zero-order chi connectivity index (χ0) is 20.3. The normalized spacial score (nSPS) is 19.9. The molecule has 5 heteroatoms. The number of benzene rings is 2. The molecule has 0 aromatic heterocycles. The van der Waals surface area contributed by atoms with Crippen LogP contribution in [-0.2, 0) is 10.0 Å². The summed E-state index contributed by atoms with van der Waals surface area (Å²) in [5, 5.41) is 0. The third kappa shape index (κ3) is 4.83. The number of sulfonamides is 1. The lowest BCUT2D eigenvalue weighted by Gasteiger charge is -2.10. The number of hydrogen-bond acceptors (Lipinski definition) is 3. The second-order valence-electron chi connectivity index (χ2n) is 7.64. The van der Waals surface area contributed by atoms with E-state index in [0.717, 1.165) is 24.2 Å². The van der Waals surface area contributed by atoms with Gasteiger partial charge in [-0.25, -0.2) is 13.1 Å². The molecule has 1 saturated carbocycles. The molecule has 1 aliphatic carbocycles. The van der Waals surface area contributed by atoms with Gasteiger partial charge in [0.05, 0.1) is 12.0 Å². The van der Waals surface area contributed by atoms with Gasteiger partial charge in [0.2, 0.25) is 10.0 Å². The Morgan fingerprint density at radius 2 is 1.86 bits per heavy atom. The maximum absolute atomic E-state index is 12.4. The summed E-state index contributed by atoms with van der Waals surface area (Å²) < 4.78 is 32.8. The van der Waals surface area contributed by atoms with Crippen molar-refractivity contribution in [1.29, 1.82) is 0 Å². The lowest BCUT2D eigenvalue weighted by molar-refractivity contribution is 0.414. The molecule has 0 heterocycles. The van der Waals surface area contributed by atoms with E-state index in [4.69, 9.17) is 4.74 Å². The van der Waals surface area contributed by atoms with Gasteiger partial charge in [0.15, 0.2) is 0 Å². The van der Waals surface area contributed by atoms with Gasteiger partial charge in [-0.1, -0.05) is 35.4 Å². The van der Waals surface area contributed by atoms with E-state index >= 15 is 0 Å². The Kier molecular flexibility index (Phi) is 6.26. The van der Waals surface area contributed by atoms with Crippen molar-refractivity contribution < 1.29 is 13.2 Å². The van der Waals surface area contributed by atoms with Crippen LogP contribution in [0.4, 0.5) is 0 Å². The molecule has 2 unspecified atom stereocenters. The van der Waals surface area contributed by atoms with E-state index in [1.165, 1.54) is 16.7 Å². The van der Waals surface area contributed by atoms with Crippen molar-refractivity contribution in [2.24, 2.45) is 11.8 Å². The van der Waals surface area contributed by atoms with Crippen molar-refractivity contribution in [1.82, 2.24) is 4.72 Å². The first kappa shape index (κ1) is 20.6. The molecule has 0 saturated heterocycles. The van der Waals surface area contributed by atoms with Crippen LogP contribution in [0.5, 0.6) is 5.75 Å². The highest BCUT2D eigenvalue weighted by Gasteiger charge is 2.38. The van der Waals surface area contributed by atoms with Crippen LogP contribution in [0.25, 0.3) is 5.57 Å². The Balaban J connectivity index is 1.56. The molecule has 150 valence electrons.